The van der Waals surface area contributed by atoms with Gasteiger partial charge in [0.1, 0.15) is 12.4 Å². The number of hydrogen-bond acceptors (Lipinski definition) is 4. The smallest absolute Gasteiger partial charge is 0.254 e. The van der Waals surface area contributed by atoms with Crippen molar-refractivity contribution in [2.45, 2.75) is 39.5 Å². The summed E-state index contributed by atoms with van der Waals surface area (Å²) in [7, 11) is 1.59. The van der Waals surface area contributed by atoms with Crippen LogP contribution in [0, 0.1) is 6.92 Å². The number of rotatable bonds is 9. The van der Waals surface area contributed by atoms with E-state index >= 15 is 0 Å². The lowest BCUT2D eigenvalue weighted by atomic mass is 9.92. The van der Waals surface area contributed by atoms with E-state index in [0.29, 0.717) is 36.0 Å². The molecule has 0 saturated carbocycles. The van der Waals surface area contributed by atoms with Crippen molar-refractivity contribution < 1.29 is 14.3 Å². The number of aryl methyl sites for hydroxylation is 1. The van der Waals surface area contributed by atoms with Crippen LogP contribution in [0.5, 0.6) is 0 Å². The molecule has 1 aromatic heterocycles. The van der Waals surface area contributed by atoms with Gasteiger partial charge in [0.25, 0.3) is 5.91 Å². The van der Waals surface area contributed by atoms with Crippen LogP contribution in [-0.2, 0) is 14.9 Å². The fourth-order valence-electron chi connectivity index (χ4n) is 3.61. The lowest BCUT2D eigenvalue weighted by Gasteiger charge is -2.22. The van der Waals surface area contributed by atoms with E-state index in [0.717, 1.165) is 16.9 Å². The van der Waals surface area contributed by atoms with Crippen molar-refractivity contribution in [3.63, 3.8) is 0 Å². The Morgan fingerprint density at radius 3 is 2.47 bits per heavy atom. The van der Waals surface area contributed by atoms with E-state index < -0.39 is 0 Å². The van der Waals surface area contributed by atoms with Gasteiger partial charge >= 0.3 is 0 Å². The minimum atomic E-state index is -0.338. The highest BCUT2D eigenvalue weighted by molar-refractivity contribution is 6.42. The number of benzene rings is 2. The summed E-state index contributed by atoms with van der Waals surface area (Å²) < 4.78 is 6.86. The molecule has 3 aromatic rings. The third kappa shape index (κ3) is 7.09. The molecule has 0 aliphatic rings. The van der Waals surface area contributed by atoms with Crippen LogP contribution in [0.1, 0.15) is 48.8 Å². The van der Waals surface area contributed by atoms with Crippen LogP contribution in [0.3, 0.4) is 0 Å². The van der Waals surface area contributed by atoms with Gasteiger partial charge in [-0.3, -0.25) is 9.59 Å². The number of nitrogens with one attached hydrogen (secondary N) is 1. The third-order valence-electron chi connectivity index (χ3n) is 5.56. The molecule has 2 aromatic carbocycles. The molecule has 1 heterocycles. The van der Waals surface area contributed by atoms with Gasteiger partial charge in [-0.2, -0.15) is 5.10 Å². The van der Waals surface area contributed by atoms with Crippen LogP contribution in [0.25, 0.3) is 5.69 Å². The average Bonchev–Trinajstić information content (AvgIpc) is 3.24. The molecule has 0 bridgehead atoms. The molecule has 0 saturated heterocycles. The minimum Gasteiger partial charge on any atom is -0.385 e. The van der Waals surface area contributed by atoms with Crippen LogP contribution < -0.4 is 5.32 Å². The quantitative estimate of drug-likeness (QED) is 0.349. The molecule has 7 nitrogen and oxygen atoms in total. The number of aromatic nitrogens is 2. The normalized spacial score (nSPS) is 11.4. The zero-order valence-electron chi connectivity index (χ0n) is 21.3. The summed E-state index contributed by atoms with van der Waals surface area (Å²) in [6.45, 7) is 8.85. The standard InChI is InChI=1S/C27H32Cl2N4O3/c1-18-8-6-9-20(14-18)33-24(16-23(31-33)27(2,3)4)30-25(34)17-32(12-7-13-36-5)26(35)19-10-11-21(28)22(29)15-19/h6,8-11,14-16H,7,12-13,17H2,1-5H3,(H,30,34). The van der Waals surface area contributed by atoms with Crippen molar-refractivity contribution >= 4 is 40.8 Å². The Morgan fingerprint density at radius 2 is 1.83 bits per heavy atom. The van der Waals surface area contributed by atoms with Gasteiger partial charge in [0.05, 0.1) is 21.4 Å². The van der Waals surface area contributed by atoms with E-state index in [4.69, 9.17) is 33.0 Å². The van der Waals surface area contributed by atoms with Gasteiger partial charge in [-0.25, -0.2) is 4.68 Å². The lowest BCUT2D eigenvalue weighted by molar-refractivity contribution is -0.117. The predicted molar refractivity (Wildman–Crippen MR) is 144 cm³/mol. The molecular formula is C27H32Cl2N4O3. The molecule has 0 spiro atoms. The maximum absolute atomic E-state index is 13.2. The molecule has 0 aliphatic carbocycles. The van der Waals surface area contributed by atoms with E-state index in [2.05, 4.69) is 26.1 Å². The number of anilines is 1. The first kappa shape index (κ1) is 27.7. The molecule has 192 valence electrons. The molecule has 2 amide bonds. The summed E-state index contributed by atoms with van der Waals surface area (Å²) in [4.78, 5) is 27.9. The maximum atomic E-state index is 13.2. The fraction of sp³-hybridized carbons (Fsp3) is 0.370. The number of nitrogens with zero attached hydrogens (tertiary/aromatic N) is 3. The summed E-state index contributed by atoms with van der Waals surface area (Å²) in [6, 6.07) is 14.4. The van der Waals surface area contributed by atoms with E-state index in [1.165, 1.54) is 11.0 Å². The second-order valence-corrected chi connectivity index (χ2v) is 10.5. The SMILES string of the molecule is COCCCN(CC(=O)Nc1cc(C(C)(C)C)nn1-c1cccc(C)c1)C(=O)c1ccc(Cl)c(Cl)c1. The van der Waals surface area contributed by atoms with Crippen molar-refractivity contribution in [1.29, 1.82) is 0 Å². The summed E-state index contributed by atoms with van der Waals surface area (Å²) in [5.74, 6) is -0.119. The number of carbonyl (C=O) groups is 2. The van der Waals surface area contributed by atoms with Gasteiger partial charge < -0.3 is 15.0 Å². The van der Waals surface area contributed by atoms with Gasteiger partial charge in [0, 0.05) is 37.3 Å². The van der Waals surface area contributed by atoms with Crippen LogP contribution in [0.15, 0.2) is 48.5 Å². The molecule has 0 aliphatic heterocycles. The van der Waals surface area contributed by atoms with Gasteiger partial charge in [0.15, 0.2) is 0 Å². The van der Waals surface area contributed by atoms with Gasteiger partial charge in [0.2, 0.25) is 5.91 Å². The zero-order chi connectivity index (χ0) is 26.5. The Morgan fingerprint density at radius 1 is 1.08 bits per heavy atom. The second kappa shape index (κ2) is 11.9. The molecule has 9 heteroatoms. The van der Waals surface area contributed by atoms with E-state index in [9.17, 15) is 9.59 Å². The molecule has 1 N–H and O–H groups in total. The van der Waals surface area contributed by atoms with Crippen molar-refractivity contribution in [1.82, 2.24) is 14.7 Å². The minimum absolute atomic E-state index is 0.146. The average molecular weight is 531 g/mol. The Hall–Kier alpha value is -2.87. The number of ether oxygens (including phenoxy) is 1. The second-order valence-electron chi connectivity index (χ2n) is 9.67. The molecule has 0 radical (unpaired) electrons. The molecule has 3 rings (SSSR count). The van der Waals surface area contributed by atoms with Gasteiger partial charge in [-0.1, -0.05) is 56.1 Å². The van der Waals surface area contributed by atoms with Crippen LogP contribution in [-0.4, -0.2) is 53.3 Å². The molecule has 0 atom stereocenters. The van der Waals surface area contributed by atoms with Crippen molar-refractivity contribution in [2.24, 2.45) is 0 Å². The zero-order valence-corrected chi connectivity index (χ0v) is 22.8. The Kier molecular flexibility index (Phi) is 9.17. The Bertz CT molecular complexity index is 1230. The third-order valence-corrected chi connectivity index (χ3v) is 6.30. The summed E-state index contributed by atoms with van der Waals surface area (Å²) in [5.41, 5.74) is 2.89. The molecule has 0 fully saturated rings. The van der Waals surface area contributed by atoms with Gasteiger partial charge in [-0.15, -0.1) is 0 Å². The monoisotopic (exact) mass is 530 g/mol. The maximum Gasteiger partial charge on any atom is 0.254 e. The van der Waals surface area contributed by atoms with Crippen molar-refractivity contribution in [2.75, 3.05) is 32.1 Å². The van der Waals surface area contributed by atoms with E-state index in [1.54, 1.807) is 23.9 Å². The van der Waals surface area contributed by atoms with Crippen molar-refractivity contribution in [3.05, 3.63) is 75.4 Å². The summed E-state index contributed by atoms with van der Waals surface area (Å²) in [5, 5.41) is 8.36. The fourth-order valence-corrected chi connectivity index (χ4v) is 3.91. The number of halogens is 2. The molecular weight excluding hydrogens is 499 g/mol. The number of methoxy groups -OCH3 is 1. The predicted octanol–water partition coefficient (Wildman–Crippen LogP) is 5.90. The highest BCUT2D eigenvalue weighted by Gasteiger charge is 2.24. The first-order chi connectivity index (χ1) is 17.0. The highest BCUT2D eigenvalue weighted by Crippen LogP contribution is 2.27. The van der Waals surface area contributed by atoms with Crippen LogP contribution in [0.4, 0.5) is 5.82 Å². The number of carbonyl (C=O) groups excluding carboxylic acids is 2. The number of amides is 2. The number of hydrogen-bond donors (Lipinski definition) is 1. The van der Waals surface area contributed by atoms with E-state index in [1.807, 2.05) is 37.3 Å². The largest absolute Gasteiger partial charge is 0.385 e. The molecule has 0 unspecified atom stereocenters. The van der Waals surface area contributed by atoms with Crippen LogP contribution in [0.2, 0.25) is 10.0 Å². The molecule has 36 heavy (non-hydrogen) atoms. The summed E-state index contributed by atoms with van der Waals surface area (Å²) in [6.07, 6.45) is 0.576. The topological polar surface area (TPSA) is 76.5 Å². The summed E-state index contributed by atoms with van der Waals surface area (Å²) >= 11 is 12.1. The van der Waals surface area contributed by atoms with Crippen LogP contribution >= 0.6 is 23.2 Å². The van der Waals surface area contributed by atoms with Gasteiger partial charge in [-0.05, 0) is 49.2 Å². The Labute approximate surface area is 222 Å². The first-order valence-corrected chi connectivity index (χ1v) is 12.5. The lowest BCUT2D eigenvalue weighted by Crippen LogP contribution is -2.39. The van der Waals surface area contributed by atoms with Crippen molar-refractivity contribution in [3.8, 4) is 5.69 Å². The highest BCUT2D eigenvalue weighted by atomic mass is 35.5. The van der Waals surface area contributed by atoms with E-state index in [-0.39, 0.29) is 28.8 Å². The first-order valence-electron chi connectivity index (χ1n) is 11.7. The Balaban J connectivity index is 1.86.